The molecular weight excluding hydrogens is 308 g/mol. The fraction of sp³-hybridized carbons (Fsp3) is 0.286. The van der Waals surface area contributed by atoms with E-state index in [1.54, 1.807) is 0 Å². The van der Waals surface area contributed by atoms with E-state index in [9.17, 15) is 4.79 Å². The van der Waals surface area contributed by atoms with Crippen molar-refractivity contribution >= 4 is 21.9 Å². The van der Waals surface area contributed by atoms with E-state index in [1.807, 2.05) is 42.8 Å². The molecule has 1 heterocycles. The van der Waals surface area contributed by atoms with E-state index in [0.717, 1.165) is 27.2 Å². The summed E-state index contributed by atoms with van der Waals surface area (Å²) in [6, 6.07) is 8.02. The van der Waals surface area contributed by atoms with Gasteiger partial charge in [0.25, 0.3) is 0 Å². The number of nitrogens with zero attached hydrogens (tertiary/aromatic N) is 2. The van der Waals surface area contributed by atoms with E-state index < -0.39 is 5.97 Å². The Balaban J connectivity index is 2.36. The monoisotopic (exact) mass is 322 g/mol. The van der Waals surface area contributed by atoms with Crippen molar-refractivity contribution in [1.82, 2.24) is 9.55 Å². The molecule has 4 nitrogen and oxygen atoms in total. The molecule has 0 bridgehead atoms. The van der Waals surface area contributed by atoms with Crippen LogP contribution in [0.5, 0.6) is 0 Å². The first-order valence-electron chi connectivity index (χ1n) is 5.99. The maximum absolute atomic E-state index is 10.6. The average molecular weight is 323 g/mol. The molecule has 0 spiro atoms. The van der Waals surface area contributed by atoms with Gasteiger partial charge < -0.3 is 9.67 Å². The van der Waals surface area contributed by atoms with Gasteiger partial charge >= 0.3 is 5.97 Å². The van der Waals surface area contributed by atoms with Crippen LogP contribution in [0.25, 0.3) is 11.3 Å². The number of imidazole rings is 1. The number of carboxylic acid groups (broad SMARTS) is 1. The molecule has 0 radical (unpaired) electrons. The van der Waals surface area contributed by atoms with E-state index in [2.05, 4.69) is 20.9 Å². The molecule has 0 aliphatic rings. The van der Waals surface area contributed by atoms with Gasteiger partial charge in [-0.1, -0.05) is 28.1 Å². The normalized spacial score (nSPS) is 10.7. The third-order valence-corrected chi connectivity index (χ3v) is 3.57. The van der Waals surface area contributed by atoms with Crippen LogP contribution in [0.2, 0.25) is 0 Å². The van der Waals surface area contributed by atoms with Gasteiger partial charge in [-0.2, -0.15) is 0 Å². The summed E-state index contributed by atoms with van der Waals surface area (Å²) in [4.78, 5) is 15.1. The fourth-order valence-electron chi connectivity index (χ4n) is 2.15. The van der Waals surface area contributed by atoms with Crippen LogP contribution >= 0.6 is 15.9 Å². The molecule has 1 aromatic carbocycles. The number of carbonyl (C=O) groups is 1. The molecule has 0 saturated heterocycles. The van der Waals surface area contributed by atoms with Crippen molar-refractivity contribution in [2.45, 2.75) is 19.8 Å². The van der Waals surface area contributed by atoms with Crippen LogP contribution in [0.1, 0.15) is 17.9 Å². The number of aromatic nitrogens is 2. The van der Waals surface area contributed by atoms with E-state index in [0.29, 0.717) is 6.42 Å². The van der Waals surface area contributed by atoms with Gasteiger partial charge in [0.1, 0.15) is 5.82 Å². The van der Waals surface area contributed by atoms with Crippen molar-refractivity contribution < 1.29 is 9.90 Å². The highest BCUT2D eigenvalue weighted by Crippen LogP contribution is 2.25. The van der Waals surface area contributed by atoms with Gasteiger partial charge in [0.2, 0.25) is 0 Å². The zero-order chi connectivity index (χ0) is 14.0. The molecule has 0 atom stereocenters. The van der Waals surface area contributed by atoms with Crippen molar-refractivity contribution in [3.05, 3.63) is 40.3 Å². The molecule has 0 aliphatic carbocycles. The molecule has 1 N–H and O–H groups in total. The van der Waals surface area contributed by atoms with E-state index in [4.69, 9.17) is 5.11 Å². The molecule has 0 fully saturated rings. The Morgan fingerprint density at radius 1 is 1.37 bits per heavy atom. The second-order valence-electron chi connectivity index (χ2n) is 4.42. The Bertz CT molecular complexity index is 603. The summed E-state index contributed by atoms with van der Waals surface area (Å²) >= 11 is 3.41. The summed E-state index contributed by atoms with van der Waals surface area (Å²) in [5.74, 6) is 0.00339. The number of hydrogen-bond acceptors (Lipinski definition) is 2. The average Bonchev–Trinajstić information content (AvgIpc) is 2.63. The minimum absolute atomic E-state index is 0.101. The first-order chi connectivity index (χ1) is 8.99. The Morgan fingerprint density at radius 3 is 2.58 bits per heavy atom. The third kappa shape index (κ3) is 3.04. The van der Waals surface area contributed by atoms with Crippen molar-refractivity contribution in [3.63, 3.8) is 0 Å². The smallest absolute Gasteiger partial charge is 0.303 e. The van der Waals surface area contributed by atoms with Gasteiger partial charge in [0.15, 0.2) is 0 Å². The molecule has 1 aromatic heterocycles. The Morgan fingerprint density at radius 2 is 2.00 bits per heavy atom. The molecule has 0 saturated carbocycles. The number of hydrogen-bond donors (Lipinski definition) is 1. The maximum atomic E-state index is 10.6. The summed E-state index contributed by atoms with van der Waals surface area (Å²) in [6.07, 6.45) is 0.549. The quantitative estimate of drug-likeness (QED) is 0.940. The zero-order valence-corrected chi connectivity index (χ0v) is 12.4. The lowest BCUT2D eigenvalue weighted by molar-refractivity contribution is -0.137. The Labute approximate surface area is 120 Å². The van der Waals surface area contributed by atoms with Crippen LogP contribution in [0.3, 0.4) is 0 Å². The van der Waals surface area contributed by atoms with Crippen molar-refractivity contribution in [3.8, 4) is 11.3 Å². The molecule has 2 rings (SSSR count). The van der Waals surface area contributed by atoms with Crippen LogP contribution in [0, 0.1) is 6.92 Å². The van der Waals surface area contributed by atoms with Crippen LogP contribution in [0.4, 0.5) is 0 Å². The highest BCUT2D eigenvalue weighted by atomic mass is 79.9. The first-order valence-corrected chi connectivity index (χ1v) is 6.78. The third-order valence-electron chi connectivity index (χ3n) is 3.04. The molecule has 0 unspecified atom stereocenters. The molecule has 19 heavy (non-hydrogen) atoms. The Kier molecular flexibility index (Phi) is 4.04. The van der Waals surface area contributed by atoms with Crippen LogP contribution < -0.4 is 0 Å². The summed E-state index contributed by atoms with van der Waals surface area (Å²) < 4.78 is 3.00. The SMILES string of the molecule is Cc1nc(CCC(=O)O)n(C)c1-c1ccc(Br)cc1. The first kappa shape index (κ1) is 13.8. The van der Waals surface area contributed by atoms with Gasteiger partial charge in [-0.3, -0.25) is 4.79 Å². The van der Waals surface area contributed by atoms with E-state index >= 15 is 0 Å². The molecule has 0 amide bonds. The van der Waals surface area contributed by atoms with Gasteiger partial charge in [-0.15, -0.1) is 0 Å². The highest BCUT2D eigenvalue weighted by Gasteiger charge is 2.13. The number of aliphatic carboxylic acids is 1. The van der Waals surface area contributed by atoms with E-state index in [1.165, 1.54) is 0 Å². The summed E-state index contributed by atoms with van der Waals surface area (Å²) in [6.45, 7) is 1.95. The highest BCUT2D eigenvalue weighted by molar-refractivity contribution is 9.10. The second kappa shape index (κ2) is 5.57. The van der Waals surface area contributed by atoms with Crippen molar-refractivity contribution in [2.75, 3.05) is 0 Å². The van der Waals surface area contributed by atoms with Gasteiger partial charge in [0.05, 0.1) is 17.8 Å². The predicted molar refractivity (Wildman–Crippen MR) is 77.0 cm³/mol. The number of benzene rings is 1. The lowest BCUT2D eigenvalue weighted by Gasteiger charge is -2.06. The number of rotatable bonds is 4. The minimum Gasteiger partial charge on any atom is -0.481 e. The van der Waals surface area contributed by atoms with E-state index in [-0.39, 0.29) is 6.42 Å². The largest absolute Gasteiger partial charge is 0.481 e. The standard InChI is InChI=1S/C14H15BrN2O2/c1-9-14(10-3-5-11(15)6-4-10)17(2)12(16-9)7-8-13(18)19/h3-6H,7-8H2,1-2H3,(H,18,19). The summed E-state index contributed by atoms with van der Waals surface area (Å²) in [7, 11) is 1.93. The minimum atomic E-state index is -0.800. The molecule has 100 valence electrons. The lowest BCUT2D eigenvalue weighted by atomic mass is 10.1. The van der Waals surface area contributed by atoms with Crippen LogP contribution in [-0.2, 0) is 18.3 Å². The number of halogens is 1. The lowest BCUT2D eigenvalue weighted by Crippen LogP contribution is -2.04. The van der Waals surface area contributed by atoms with Gasteiger partial charge in [0, 0.05) is 23.5 Å². The molecule has 0 aliphatic heterocycles. The summed E-state index contributed by atoms with van der Waals surface area (Å²) in [5.41, 5.74) is 3.04. The second-order valence-corrected chi connectivity index (χ2v) is 5.34. The topological polar surface area (TPSA) is 55.1 Å². The zero-order valence-electron chi connectivity index (χ0n) is 10.9. The molecular formula is C14H15BrN2O2. The molecule has 2 aromatic rings. The van der Waals surface area contributed by atoms with Gasteiger partial charge in [-0.05, 0) is 19.1 Å². The number of carboxylic acids is 1. The Hall–Kier alpha value is -1.62. The van der Waals surface area contributed by atoms with Crippen molar-refractivity contribution in [1.29, 1.82) is 0 Å². The maximum Gasteiger partial charge on any atom is 0.303 e. The number of aryl methyl sites for hydroxylation is 2. The predicted octanol–water partition coefficient (Wildman–Crippen LogP) is 3.18. The van der Waals surface area contributed by atoms with Crippen LogP contribution in [0.15, 0.2) is 28.7 Å². The van der Waals surface area contributed by atoms with Gasteiger partial charge in [-0.25, -0.2) is 4.98 Å². The molecule has 5 heteroatoms. The fourth-order valence-corrected chi connectivity index (χ4v) is 2.41. The summed E-state index contributed by atoms with van der Waals surface area (Å²) in [5, 5.41) is 8.75. The van der Waals surface area contributed by atoms with Crippen LogP contribution in [-0.4, -0.2) is 20.6 Å². The van der Waals surface area contributed by atoms with Crippen molar-refractivity contribution in [2.24, 2.45) is 7.05 Å².